The normalized spacial score (nSPS) is 18.2. The Kier molecular flexibility index (Phi) is 18.1. The highest BCUT2D eigenvalue weighted by molar-refractivity contribution is 8.14. The van der Waals surface area contributed by atoms with E-state index in [1.54, 1.807) is 60.2 Å². The molecular weight excluding hydrogens is 1050 g/mol. The van der Waals surface area contributed by atoms with E-state index in [1.165, 1.54) is 48.1 Å². The number of hydrogen-bond donors (Lipinski definition) is 2. The summed E-state index contributed by atoms with van der Waals surface area (Å²) in [6, 6.07) is 40.1. The van der Waals surface area contributed by atoms with Gasteiger partial charge in [0.05, 0.1) is 23.8 Å². The Morgan fingerprint density at radius 1 is 0.615 bits per heavy atom. The highest BCUT2D eigenvalue weighted by atomic mass is 32.2. The summed E-state index contributed by atoms with van der Waals surface area (Å²) in [4.78, 5) is 21.1. The minimum atomic E-state index is -4.78. The van der Waals surface area contributed by atoms with Crippen LogP contribution >= 0.6 is 23.5 Å². The molecule has 2 heterocycles. The van der Waals surface area contributed by atoms with E-state index in [-0.39, 0.29) is 41.2 Å². The minimum absolute atomic E-state index is 0.147. The number of hydrogen-bond acceptors (Lipinski definition) is 10. The van der Waals surface area contributed by atoms with Gasteiger partial charge in [-0.05, 0) is 122 Å². The molecule has 0 amide bonds. The molecule has 4 N–H and O–H groups in total. The number of thioether (sulfide) groups is 2. The third kappa shape index (κ3) is 15.5. The number of aliphatic imine (C=N–C) groups is 4. The summed E-state index contributed by atoms with van der Waals surface area (Å²) in [5, 5.41) is 19.9. The van der Waals surface area contributed by atoms with Crippen molar-refractivity contribution in [2.75, 3.05) is 21.3 Å². The Labute approximate surface area is 455 Å². The molecule has 0 spiro atoms. The van der Waals surface area contributed by atoms with Crippen LogP contribution in [0.5, 0.6) is 11.5 Å². The molecule has 2 saturated heterocycles. The van der Waals surface area contributed by atoms with Gasteiger partial charge in [0, 0.05) is 46.1 Å². The molecule has 0 aliphatic carbocycles. The van der Waals surface area contributed by atoms with Crippen molar-refractivity contribution in [2.45, 2.75) is 64.8 Å². The van der Waals surface area contributed by atoms with E-state index in [0.29, 0.717) is 22.5 Å². The number of halogens is 6. The Morgan fingerprint density at radius 2 is 1.06 bits per heavy atom. The lowest BCUT2D eigenvalue weighted by Gasteiger charge is -2.28. The van der Waals surface area contributed by atoms with Crippen LogP contribution < -0.4 is 30.7 Å². The van der Waals surface area contributed by atoms with Gasteiger partial charge in [-0.15, -0.1) is 36.5 Å². The van der Waals surface area contributed by atoms with Crippen LogP contribution in [0.15, 0.2) is 180 Å². The van der Waals surface area contributed by atoms with Crippen molar-refractivity contribution in [1.82, 2.24) is 0 Å². The zero-order chi connectivity index (χ0) is 55.4. The molecule has 2 aliphatic heterocycles. The van der Waals surface area contributed by atoms with Crippen molar-refractivity contribution in [1.29, 1.82) is 0 Å². The lowest BCUT2D eigenvalue weighted by Crippen LogP contribution is -2.32. The molecule has 2 aliphatic rings. The number of nitrogens with zero attached hydrogens (tertiary/aromatic N) is 10. The van der Waals surface area contributed by atoms with Crippen molar-refractivity contribution in [3.63, 3.8) is 0 Å². The molecule has 2 fully saturated rings. The van der Waals surface area contributed by atoms with Gasteiger partial charge < -0.3 is 30.7 Å². The lowest BCUT2D eigenvalue weighted by molar-refractivity contribution is -0.275. The Morgan fingerprint density at radius 3 is 1.53 bits per heavy atom. The van der Waals surface area contributed by atoms with Crippen LogP contribution in [0, 0.1) is 6.92 Å². The SMILES string of the molecule is Cc1ccc(CC(C)c2ccccc2N2/C(=N/N=C/c3ccc(C(N)=NC=Nc4ccc(OC(F)(F)F)cc4)cc3)SCC2C)cc1N1/C(=N/N=C/c2ccc(C(N)=NC=Nc3ccc(OC(F)(F)F)cc3)cc2)SCC1C. The van der Waals surface area contributed by atoms with E-state index in [9.17, 15) is 26.3 Å². The second kappa shape index (κ2) is 25.3. The van der Waals surface area contributed by atoms with Crippen LogP contribution in [0.4, 0.5) is 49.1 Å². The van der Waals surface area contributed by atoms with Gasteiger partial charge in [-0.1, -0.05) is 109 Å². The number of nitrogens with two attached hydrogens (primary N) is 2. The largest absolute Gasteiger partial charge is 0.573 e. The van der Waals surface area contributed by atoms with Crippen LogP contribution in [0.2, 0.25) is 0 Å². The van der Waals surface area contributed by atoms with Gasteiger partial charge >= 0.3 is 12.7 Å². The average Bonchev–Trinajstić information content (AvgIpc) is 4.01. The van der Waals surface area contributed by atoms with E-state index in [4.69, 9.17) is 16.6 Å². The van der Waals surface area contributed by atoms with Crippen molar-refractivity contribution in [2.24, 2.45) is 51.8 Å². The molecular formula is C56H52F6N12O2S2. The molecule has 3 atom stereocenters. The second-order valence-corrected chi connectivity index (χ2v) is 19.9. The zero-order valence-corrected chi connectivity index (χ0v) is 44.1. The number of para-hydroxylation sites is 1. The van der Waals surface area contributed by atoms with Gasteiger partial charge in [0.25, 0.3) is 0 Å². The minimum Gasteiger partial charge on any atom is -0.406 e. The molecule has 6 aromatic carbocycles. The predicted octanol–water partition coefficient (Wildman–Crippen LogP) is 12.9. The number of aryl methyl sites for hydroxylation is 1. The van der Waals surface area contributed by atoms with Crippen LogP contribution in [0.3, 0.4) is 0 Å². The average molecular weight is 1100 g/mol. The first kappa shape index (κ1) is 56.0. The molecule has 14 nitrogen and oxygen atoms in total. The van der Waals surface area contributed by atoms with E-state index in [0.717, 1.165) is 80.6 Å². The van der Waals surface area contributed by atoms with E-state index in [1.807, 2.05) is 24.3 Å². The smallest absolute Gasteiger partial charge is 0.406 e. The van der Waals surface area contributed by atoms with Crippen molar-refractivity contribution in [3.8, 4) is 11.5 Å². The zero-order valence-electron chi connectivity index (χ0n) is 42.5. The quantitative estimate of drug-likeness (QED) is 0.0392. The third-order valence-electron chi connectivity index (χ3n) is 12.1. The van der Waals surface area contributed by atoms with E-state index in [2.05, 4.69) is 125 Å². The molecule has 78 heavy (non-hydrogen) atoms. The number of alkyl halides is 6. The molecule has 402 valence electrons. The fraction of sp³-hybridized carbons (Fsp3) is 0.214. The number of ether oxygens (including phenoxy) is 2. The predicted molar refractivity (Wildman–Crippen MR) is 305 cm³/mol. The molecule has 8 rings (SSSR count). The number of benzene rings is 6. The van der Waals surface area contributed by atoms with Gasteiger partial charge in [0.2, 0.25) is 0 Å². The number of anilines is 2. The van der Waals surface area contributed by atoms with Crippen molar-refractivity contribution < 1.29 is 35.8 Å². The fourth-order valence-corrected chi connectivity index (χ4v) is 10.3. The van der Waals surface area contributed by atoms with Gasteiger partial charge in [0.15, 0.2) is 10.3 Å². The Bertz CT molecular complexity index is 3290. The van der Waals surface area contributed by atoms with Gasteiger partial charge in [-0.2, -0.15) is 10.2 Å². The van der Waals surface area contributed by atoms with Crippen LogP contribution in [-0.2, 0) is 6.42 Å². The second-order valence-electron chi connectivity index (χ2n) is 17.9. The first-order valence-electron chi connectivity index (χ1n) is 24.2. The molecule has 3 unspecified atom stereocenters. The summed E-state index contributed by atoms with van der Waals surface area (Å²) in [7, 11) is 0. The molecule has 0 saturated carbocycles. The Balaban J connectivity index is 0.885. The lowest BCUT2D eigenvalue weighted by atomic mass is 9.91. The van der Waals surface area contributed by atoms with E-state index >= 15 is 0 Å². The summed E-state index contributed by atoms with van der Waals surface area (Å²) in [6.07, 6.45) is -2.95. The van der Waals surface area contributed by atoms with Gasteiger partial charge in [-0.3, -0.25) is 0 Å². The molecule has 0 aromatic heterocycles. The molecule has 0 bridgehead atoms. The summed E-state index contributed by atoms with van der Waals surface area (Å²) < 4.78 is 82.5. The van der Waals surface area contributed by atoms with Crippen molar-refractivity contribution in [3.05, 3.63) is 178 Å². The molecule has 6 aromatic rings. The standard InChI is InChI=1S/C56H52F6N12O2S2/c1-35-9-10-41(28-50(35)74-38(4)32-78-54(74)72-70-30-40-13-17-43(18-14-40)52(64)68-34-66-45-21-25-47(26-22-45)76-56(60,61)62)27-36(2)48-7-5-6-8-49(48)73-37(3)31-77-53(73)71-69-29-39-11-15-42(16-12-39)51(63)67-33-65-44-19-23-46(24-20-44)75-55(57,58)59/h5-26,28-30,33-34,36-38H,27,31-32H2,1-4H3,(H2,63,65,67)(H2,64,66,68)/b69-29+,70-30+,71-53-,72-54-. The molecule has 0 radical (unpaired) electrons. The van der Waals surface area contributed by atoms with Crippen LogP contribution in [0.25, 0.3) is 0 Å². The maximum Gasteiger partial charge on any atom is 0.573 e. The number of rotatable bonds is 17. The fourth-order valence-electron chi connectivity index (χ4n) is 8.22. The summed E-state index contributed by atoms with van der Waals surface area (Å²) in [6.45, 7) is 8.72. The van der Waals surface area contributed by atoms with Crippen molar-refractivity contribution >= 4 is 93.4 Å². The summed E-state index contributed by atoms with van der Waals surface area (Å²) >= 11 is 3.31. The first-order valence-corrected chi connectivity index (χ1v) is 26.2. The highest BCUT2D eigenvalue weighted by Crippen LogP contribution is 2.39. The summed E-state index contributed by atoms with van der Waals surface area (Å²) in [5.74, 6) is 1.55. The van der Waals surface area contributed by atoms with Crippen LogP contribution in [0.1, 0.15) is 65.6 Å². The van der Waals surface area contributed by atoms with E-state index < -0.39 is 12.7 Å². The number of amidine groups is 4. The molecule has 22 heteroatoms. The first-order chi connectivity index (χ1) is 37.4. The van der Waals surface area contributed by atoms with Gasteiger partial charge in [0.1, 0.15) is 35.8 Å². The highest BCUT2D eigenvalue weighted by Gasteiger charge is 2.34. The van der Waals surface area contributed by atoms with Gasteiger partial charge in [-0.25, -0.2) is 20.0 Å². The van der Waals surface area contributed by atoms with Crippen LogP contribution in [-0.4, -0.2) is 83.4 Å². The maximum atomic E-state index is 12.5. The topological polar surface area (TPSA) is 176 Å². The third-order valence-corrected chi connectivity index (χ3v) is 14.4. The summed E-state index contributed by atoms with van der Waals surface area (Å²) in [5.41, 5.74) is 21.7. The monoisotopic (exact) mass is 1100 g/mol. The maximum absolute atomic E-state index is 12.5. The Hall–Kier alpha value is -8.24.